The summed E-state index contributed by atoms with van der Waals surface area (Å²) >= 11 is 1.66. The number of hydrogen-bond acceptors (Lipinski definition) is 5. The fraction of sp³-hybridized carbons (Fsp3) is 0.158. The van der Waals surface area contributed by atoms with Gasteiger partial charge >= 0.3 is 0 Å². The van der Waals surface area contributed by atoms with Crippen molar-refractivity contribution in [1.82, 2.24) is 25.0 Å². The molecule has 124 valence electrons. The van der Waals surface area contributed by atoms with E-state index in [1.165, 1.54) is 16.7 Å². The van der Waals surface area contributed by atoms with Gasteiger partial charge in [-0.1, -0.05) is 77.1 Å². The molecule has 0 saturated heterocycles. The summed E-state index contributed by atoms with van der Waals surface area (Å²) in [5.74, 6) is 0.845. The zero-order valence-corrected chi connectivity index (χ0v) is 14.6. The second-order valence-electron chi connectivity index (χ2n) is 5.86. The van der Waals surface area contributed by atoms with Crippen molar-refractivity contribution in [1.29, 1.82) is 0 Å². The lowest BCUT2D eigenvalue weighted by molar-refractivity contribution is 0.664. The molecule has 0 aliphatic carbocycles. The average molecular weight is 347 g/mol. The summed E-state index contributed by atoms with van der Waals surface area (Å²) < 4.78 is 1.83. The van der Waals surface area contributed by atoms with Gasteiger partial charge in [-0.25, -0.2) is 14.6 Å². The standard InChI is InChI=1S/C19H17N5S/c1-14-7-9-15(10-8-14)11-24-18-17(22-23-24)19(21-13-20-18)25-12-16-5-3-2-4-6-16/h2-10,13H,11-12H2,1H3. The van der Waals surface area contributed by atoms with Gasteiger partial charge in [0.05, 0.1) is 6.54 Å². The van der Waals surface area contributed by atoms with Crippen LogP contribution in [0.4, 0.5) is 0 Å². The normalized spacial score (nSPS) is 11.1. The molecule has 2 heterocycles. The van der Waals surface area contributed by atoms with Gasteiger partial charge in [-0.2, -0.15) is 0 Å². The van der Waals surface area contributed by atoms with Crippen LogP contribution in [0.25, 0.3) is 11.2 Å². The SMILES string of the molecule is Cc1ccc(Cn2nnc3c(SCc4ccccc4)ncnc32)cc1. The monoisotopic (exact) mass is 347 g/mol. The number of rotatable bonds is 5. The summed E-state index contributed by atoms with van der Waals surface area (Å²) in [4.78, 5) is 8.77. The van der Waals surface area contributed by atoms with Gasteiger partial charge in [-0.05, 0) is 18.1 Å². The predicted octanol–water partition coefficient (Wildman–Crippen LogP) is 3.87. The van der Waals surface area contributed by atoms with Gasteiger partial charge in [0.15, 0.2) is 11.2 Å². The van der Waals surface area contributed by atoms with Gasteiger partial charge in [-0.3, -0.25) is 0 Å². The third-order valence-electron chi connectivity index (χ3n) is 3.94. The third-order valence-corrected chi connectivity index (χ3v) is 4.99. The molecule has 0 bridgehead atoms. The fourth-order valence-electron chi connectivity index (χ4n) is 2.58. The summed E-state index contributed by atoms with van der Waals surface area (Å²) in [5, 5.41) is 9.46. The quantitative estimate of drug-likeness (QED) is 0.405. The van der Waals surface area contributed by atoms with Crippen molar-refractivity contribution < 1.29 is 0 Å². The number of nitrogens with zero attached hydrogens (tertiary/aromatic N) is 5. The lowest BCUT2D eigenvalue weighted by Crippen LogP contribution is -2.03. The van der Waals surface area contributed by atoms with E-state index in [1.807, 2.05) is 22.9 Å². The van der Waals surface area contributed by atoms with Crippen molar-refractivity contribution in [2.24, 2.45) is 0 Å². The molecular formula is C19H17N5S. The van der Waals surface area contributed by atoms with Crippen molar-refractivity contribution in [3.05, 3.63) is 77.6 Å². The molecule has 5 nitrogen and oxygen atoms in total. The molecule has 0 N–H and O–H groups in total. The molecule has 4 aromatic rings. The average Bonchev–Trinajstić information content (AvgIpc) is 3.06. The van der Waals surface area contributed by atoms with E-state index in [-0.39, 0.29) is 0 Å². The van der Waals surface area contributed by atoms with Crippen molar-refractivity contribution >= 4 is 22.9 Å². The van der Waals surface area contributed by atoms with Crippen LogP contribution in [0.1, 0.15) is 16.7 Å². The van der Waals surface area contributed by atoms with Crippen molar-refractivity contribution in [2.75, 3.05) is 0 Å². The molecule has 0 aliphatic rings. The number of aromatic nitrogens is 5. The molecule has 2 aromatic carbocycles. The van der Waals surface area contributed by atoms with E-state index in [2.05, 4.69) is 63.6 Å². The summed E-state index contributed by atoms with van der Waals surface area (Å²) in [6, 6.07) is 18.7. The van der Waals surface area contributed by atoms with E-state index in [1.54, 1.807) is 18.1 Å². The first-order valence-corrected chi connectivity index (χ1v) is 9.04. The fourth-order valence-corrected chi connectivity index (χ4v) is 3.46. The first kappa shape index (κ1) is 15.8. The molecule has 0 spiro atoms. The van der Waals surface area contributed by atoms with Crippen LogP contribution < -0.4 is 0 Å². The van der Waals surface area contributed by atoms with Crippen LogP contribution in [-0.4, -0.2) is 25.0 Å². The Morgan fingerprint density at radius 2 is 1.72 bits per heavy atom. The second-order valence-corrected chi connectivity index (χ2v) is 6.82. The van der Waals surface area contributed by atoms with Crippen LogP contribution in [0.5, 0.6) is 0 Å². The Morgan fingerprint density at radius 1 is 0.920 bits per heavy atom. The zero-order valence-electron chi connectivity index (χ0n) is 13.8. The minimum atomic E-state index is 0.649. The second kappa shape index (κ2) is 7.03. The number of thioether (sulfide) groups is 1. The van der Waals surface area contributed by atoms with Crippen LogP contribution in [0.3, 0.4) is 0 Å². The topological polar surface area (TPSA) is 56.5 Å². The van der Waals surface area contributed by atoms with Gasteiger partial charge < -0.3 is 0 Å². The first-order valence-electron chi connectivity index (χ1n) is 8.06. The van der Waals surface area contributed by atoms with Gasteiger partial charge in [-0.15, -0.1) is 5.10 Å². The maximum atomic E-state index is 4.39. The minimum Gasteiger partial charge on any atom is -0.227 e. The Bertz CT molecular complexity index is 980. The summed E-state index contributed by atoms with van der Waals surface area (Å²) in [6.07, 6.45) is 1.59. The first-order chi connectivity index (χ1) is 12.3. The molecule has 0 radical (unpaired) electrons. The number of benzene rings is 2. The summed E-state index contributed by atoms with van der Waals surface area (Å²) in [7, 11) is 0. The van der Waals surface area contributed by atoms with Crippen molar-refractivity contribution in [2.45, 2.75) is 24.2 Å². The van der Waals surface area contributed by atoms with E-state index in [4.69, 9.17) is 0 Å². The largest absolute Gasteiger partial charge is 0.227 e. The molecule has 0 amide bonds. The third kappa shape index (κ3) is 3.53. The van der Waals surface area contributed by atoms with Crippen molar-refractivity contribution in [3.8, 4) is 0 Å². The molecular weight excluding hydrogens is 330 g/mol. The van der Waals surface area contributed by atoms with E-state index < -0.39 is 0 Å². The van der Waals surface area contributed by atoms with E-state index in [9.17, 15) is 0 Å². The highest BCUT2D eigenvalue weighted by molar-refractivity contribution is 7.98. The minimum absolute atomic E-state index is 0.649. The molecule has 0 saturated carbocycles. The Labute approximate surface area is 150 Å². The molecule has 6 heteroatoms. The van der Waals surface area contributed by atoms with Crippen LogP contribution >= 0.6 is 11.8 Å². The number of fused-ring (bicyclic) bond motifs is 1. The Morgan fingerprint density at radius 3 is 2.52 bits per heavy atom. The molecule has 2 aromatic heterocycles. The van der Waals surface area contributed by atoms with Crippen LogP contribution in [0, 0.1) is 6.92 Å². The molecule has 0 unspecified atom stereocenters. The Hall–Kier alpha value is -2.73. The maximum Gasteiger partial charge on any atom is 0.183 e. The molecule has 4 rings (SSSR count). The molecule has 25 heavy (non-hydrogen) atoms. The molecule has 0 fully saturated rings. The Balaban J connectivity index is 1.58. The number of hydrogen-bond donors (Lipinski definition) is 0. The van der Waals surface area contributed by atoms with Gasteiger partial charge in [0.25, 0.3) is 0 Å². The smallest absolute Gasteiger partial charge is 0.183 e. The Kier molecular flexibility index (Phi) is 4.43. The van der Waals surface area contributed by atoms with Gasteiger partial charge in [0.2, 0.25) is 0 Å². The number of aryl methyl sites for hydroxylation is 1. The van der Waals surface area contributed by atoms with E-state index in [0.29, 0.717) is 6.54 Å². The molecule has 0 atom stereocenters. The van der Waals surface area contributed by atoms with Crippen LogP contribution in [0.15, 0.2) is 66.0 Å². The molecule has 0 aliphatic heterocycles. The zero-order chi connectivity index (χ0) is 17.1. The van der Waals surface area contributed by atoms with E-state index >= 15 is 0 Å². The summed E-state index contributed by atoms with van der Waals surface area (Å²) in [6.45, 7) is 2.73. The highest BCUT2D eigenvalue weighted by Gasteiger charge is 2.12. The van der Waals surface area contributed by atoms with Crippen LogP contribution in [-0.2, 0) is 12.3 Å². The lowest BCUT2D eigenvalue weighted by Gasteiger charge is -2.04. The van der Waals surface area contributed by atoms with Gasteiger partial charge in [0, 0.05) is 5.75 Å². The van der Waals surface area contributed by atoms with Crippen molar-refractivity contribution in [3.63, 3.8) is 0 Å². The van der Waals surface area contributed by atoms with Crippen LogP contribution in [0.2, 0.25) is 0 Å². The van der Waals surface area contributed by atoms with E-state index in [0.717, 1.165) is 21.9 Å². The lowest BCUT2D eigenvalue weighted by atomic mass is 10.1. The highest BCUT2D eigenvalue weighted by Crippen LogP contribution is 2.26. The predicted molar refractivity (Wildman–Crippen MR) is 99.4 cm³/mol. The van der Waals surface area contributed by atoms with Gasteiger partial charge in [0.1, 0.15) is 11.4 Å². The summed E-state index contributed by atoms with van der Waals surface area (Å²) in [5.41, 5.74) is 5.21. The highest BCUT2D eigenvalue weighted by atomic mass is 32.2. The maximum absolute atomic E-state index is 4.39.